The fraction of sp³-hybridized carbons (Fsp3) is 0.410. The lowest BCUT2D eigenvalue weighted by Gasteiger charge is -2.35. The maximum absolute atomic E-state index is 14.8. The molecule has 0 aliphatic carbocycles. The van der Waals surface area contributed by atoms with E-state index in [4.69, 9.17) is 19.5 Å². The Morgan fingerprint density at radius 2 is 1.20 bits per heavy atom. The van der Waals surface area contributed by atoms with E-state index < -0.39 is 102 Å². The van der Waals surface area contributed by atoms with Gasteiger partial charge in [-0.05, 0) is 45.0 Å². The number of sulfonamides is 2. The number of aromatic nitrogens is 4. The zero-order valence-electron chi connectivity index (χ0n) is 35.5. The SMILES string of the molecule is COc1ccnc(N2CCC(F)(F)CC2)c1C(=O)Nc1ccnc(S(=O)(=O)N(C(=O)ON(C(=O)c2c(OC)ccnc2N2CCC(F)(F)CC2)c2ccnc(S(N)(=O)=O)c2)C(C)(C)C)c1. The number of hydroxylamine groups is 1. The number of anilines is 4. The lowest BCUT2D eigenvalue weighted by Crippen LogP contribution is -2.52. The molecule has 0 aromatic carbocycles. The van der Waals surface area contributed by atoms with Crippen molar-refractivity contribution < 1.29 is 63.1 Å². The molecule has 0 spiro atoms. The number of piperidine rings is 2. The van der Waals surface area contributed by atoms with E-state index >= 15 is 0 Å². The molecule has 0 saturated carbocycles. The van der Waals surface area contributed by atoms with Crippen LogP contribution in [0.5, 0.6) is 11.5 Å². The minimum Gasteiger partial charge on any atom is -0.496 e. The zero-order chi connectivity index (χ0) is 47.7. The number of ether oxygens (including phenoxy) is 2. The van der Waals surface area contributed by atoms with Crippen molar-refractivity contribution in [3.63, 3.8) is 0 Å². The molecule has 0 radical (unpaired) electrons. The summed E-state index contributed by atoms with van der Waals surface area (Å²) in [7, 11) is -7.23. The number of nitrogens with two attached hydrogens (primary N) is 1. The minimum absolute atomic E-state index is 0.0337. The number of nitrogens with one attached hydrogen (secondary N) is 1. The van der Waals surface area contributed by atoms with E-state index in [-0.39, 0.29) is 69.9 Å². The summed E-state index contributed by atoms with van der Waals surface area (Å²) in [4.78, 5) is 67.6. The van der Waals surface area contributed by atoms with E-state index in [1.165, 1.54) is 75.4 Å². The molecule has 2 saturated heterocycles. The van der Waals surface area contributed by atoms with Gasteiger partial charge in [-0.25, -0.2) is 55.8 Å². The predicted molar refractivity (Wildman–Crippen MR) is 224 cm³/mol. The Morgan fingerprint density at radius 1 is 0.723 bits per heavy atom. The number of alkyl halides is 4. The van der Waals surface area contributed by atoms with Gasteiger partial charge in [-0.2, -0.15) is 12.7 Å². The van der Waals surface area contributed by atoms with Crippen molar-refractivity contribution in [1.29, 1.82) is 0 Å². The van der Waals surface area contributed by atoms with Crippen molar-refractivity contribution in [1.82, 2.24) is 24.2 Å². The van der Waals surface area contributed by atoms with Gasteiger partial charge in [0.15, 0.2) is 10.1 Å². The van der Waals surface area contributed by atoms with Gasteiger partial charge in [-0.3, -0.25) is 9.59 Å². The van der Waals surface area contributed by atoms with Crippen molar-refractivity contribution in [2.45, 2.75) is 73.9 Å². The van der Waals surface area contributed by atoms with Gasteiger partial charge in [0, 0.05) is 94.5 Å². The second kappa shape index (κ2) is 18.2. The Balaban J connectivity index is 1.37. The van der Waals surface area contributed by atoms with Gasteiger partial charge in [0.2, 0.25) is 0 Å². The summed E-state index contributed by atoms with van der Waals surface area (Å²) in [6, 6.07) is 6.58. The Hall–Kier alpha value is -6.41. The molecule has 6 heterocycles. The standard InChI is InChI=1S/C39H44F4N10O10S2/c1-37(2,3)53(65(59,60)29-22-24(6-14-46-29)49-34(54)30-26(61-4)8-16-47-32(30)50-18-10-38(40,41)11-19-50)36(56)63-52(25-7-15-45-28(23-25)64(44,57)58)35(55)31-27(62-5)9-17-48-33(31)51-20-12-39(42,43)13-21-51/h6-9,14-17,22-23H,10-13,18-21H2,1-5H3,(H2,44,57,58)(H,46,49,54). The van der Waals surface area contributed by atoms with Crippen LogP contribution >= 0.6 is 0 Å². The maximum Gasteiger partial charge on any atom is 0.449 e. The quantitative estimate of drug-likeness (QED) is 0.151. The van der Waals surface area contributed by atoms with E-state index in [1.807, 2.05) is 0 Å². The highest BCUT2D eigenvalue weighted by atomic mass is 32.2. The number of hydrogen-bond acceptors (Lipinski definition) is 16. The van der Waals surface area contributed by atoms with Crippen LogP contribution in [0, 0.1) is 0 Å². The molecule has 0 unspecified atom stereocenters. The molecule has 20 nitrogen and oxygen atoms in total. The van der Waals surface area contributed by atoms with Crippen LogP contribution in [-0.2, 0) is 24.9 Å². The number of amides is 3. The summed E-state index contributed by atoms with van der Waals surface area (Å²) < 4.78 is 121. The fourth-order valence-electron chi connectivity index (χ4n) is 6.95. The molecule has 4 aromatic rings. The van der Waals surface area contributed by atoms with Crippen LogP contribution in [0.3, 0.4) is 0 Å². The number of methoxy groups -OCH3 is 2. The number of hydrogen-bond donors (Lipinski definition) is 2. The number of primary sulfonamides is 1. The average molecular weight is 953 g/mol. The maximum atomic E-state index is 14.8. The molecular formula is C39H44F4N10O10S2. The van der Waals surface area contributed by atoms with Gasteiger partial charge >= 0.3 is 6.09 Å². The van der Waals surface area contributed by atoms with Gasteiger partial charge in [0.05, 0.1) is 25.4 Å². The second-order valence-corrected chi connectivity index (χ2v) is 19.0. The van der Waals surface area contributed by atoms with Crippen molar-refractivity contribution in [2.75, 3.05) is 60.6 Å². The first-order chi connectivity index (χ1) is 30.4. The smallest absolute Gasteiger partial charge is 0.449 e. The zero-order valence-corrected chi connectivity index (χ0v) is 37.1. The molecule has 0 atom stereocenters. The van der Waals surface area contributed by atoms with E-state index in [1.54, 1.807) is 0 Å². The largest absolute Gasteiger partial charge is 0.496 e. The number of rotatable bonds is 11. The second-order valence-electron chi connectivity index (χ2n) is 15.7. The van der Waals surface area contributed by atoms with Crippen molar-refractivity contribution >= 4 is 61.0 Å². The first kappa shape index (κ1) is 48.1. The Bertz CT molecular complexity index is 2690. The van der Waals surface area contributed by atoms with E-state index in [0.717, 1.165) is 30.6 Å². The van der Waals surface area contributed by atoms with E-state index in [0.29, 0.717) is 0 Å². The van der Waals surface area contributed by atoms with Gasteiger partial charge < -0.3 is 29.4 Å². The van der Waals surface area contributed by atoms with Crippen LogP contribution in [0.25, 0.3) is 0 Å². The van der Waals surface area contributed by atoms with Crippen LogP contribution in [-0.4, -0.2) is 117 Å². The third-order valence-corrected chi connectivity index (χ3v) is 12.9. The molecule has 350 valence electrons. The van der Waals surface area contributed by atoms with Crippen LogP contribution in [0.4, 0.5) is 45.4 Å². The van der Waals surface area contributed by atoms with Crippen LogP contribution in [0.2, 0.25) is 0 Å². The molecule has 26 heteroatoms. The van der Waals surface area contributed by atoms with Crippen molar-refractivity contribution in [3.05, 3.63) is 72.3 Å². The lowest BCUT2D eigenvalue weighted by molar-refractivity contribution is -0.0228. The first-order valence-electron chi connectivity index (χ1n) is 19.6. The third kappa shape index (κ3) is 10.6. The summed E-state index contributed by atoms with van der Waals surface area (Å²) in [6.45, 7) is 3.12. The molecule has 3 N–H and O–H groups in total. The van der Waals surface area contributed by atoms with Crippen LogP contribution < -0.4 is 34.8 Å². The minimum atomic E-state index is -5.13. The van der Waals surface area contributed by atoms with Crippen LogP contribution in [0.15, 0.2) is 71.2 Å². The Morgan fingerprint density at radius 3 is 1.71 bits per heavy atom. The van der Waals surface area contributed by atoms with Gasteiger partial charge in [0.25, 0.3) is 43.7 Å². The lowest BCUT2D eigenvalue weighted by atomic mass is 10.1. The number of pyridine rings is 4. The van der Waals surface area contributed by atoms with Crippen LogP contribution in [0.1, 0.15) is 67.2 Å². The van der Waals surface area contributed by atoms with Crippen molar-refractivity contribution in [3.8, 4) is 11.5 Å². The monoisotopic (exact) mass is 952 g/mol. The van der Waals surface area contributed by atoms with Gasteiger partial charge in [0.1, 0.15) is 34.3 Å². The molecule has 0 bridgehead atoms. The molecule has 65 heavy (non-hydrogen) atoms. The molecule has 3 amide bonds. The third-order valence-electron chi connectivity index (χ3n) is 10.1. The van der Waals surface area contributed by atoms with Gasteiger partial charge in [-0.15, -0.1) is 5.06 Å². The number of carbonyl (C=O) groups is 3. The highest BCUT2D eigenvalue weighted by molar-refractivity contribution is 7.89. The highest BCUT2D eigenvalue weighted by Crippen LogP contribution is 2.37. The average Bonchev–Trinajstić information content (AvgIpc) is 3.24. The summed E-state index contributed by atoms with van der Waals surface area (Å²) in [5.74, 6) is -8.34. The topological polar surface area (TPSA) is 250 Å². The Kier molecular flexibility index (Phi) is 13.5. The summed E-state index contributed by atoms with van der Waals surface area (Å²) in [6.07, 6.45) is 0.579. The van der Waals surface area contributed by atoms with Crippen molar-refractivity contribution in [2.24, 2.45) is 5.14 Å². The highest BCUT2D eigenvalue weighted by Gasteiger charge is 2.44. The molecule has 2 fully saturated rings. The molecule has 2 aliphatic heterocycles. The number of nitrogens with zero attached hydrogens (tertiary/aromatic N) is 8. The molecule has 6 rings (SSSR count). The Labute approximate surface area is 370 Å². The fourth-order valence-corrected chi connectivity index (χ4v) is 9.05. The molecule has 4 aromatic heterocycles. The predicted octanol–water partition coefficient (Wildman–Crippen LogP) is 4.84. The number of halogens is 4. The van der Waals surface area contributed by atoms with E-state index in [2.05, 4.69) is 25.3 Å². The number of carbonyl (C=O) groups excluding carboxylic acids is 3. The van der Waals surface area contributed by atoms with Gasteiger partial charge in [-0.1, -0.05) is 0 Å². The summed E-state index contributed by atoms with van der Waals surface area (Å²) in [5.41, 5.74) is -2.97. The first-order valence-corrected chi connectivity index (χ1v) is 22.6. The molecular weight excluding hydrogens is 909 g/mol. The summed E-state index contributed by atoms with van der Waals surface area (Å²) >= 11 is 0. The summed E-state index contributed by atoms with van der Waals surface area (Å²) in [5, 5.41) is 6.51. The normalized spacial score (nSPS) is 16.3. The molecule has 2 aliphatic rings. The van der Waals surface area contributed by atoms with E-state index in [9.17, 15) is 48.8 Å².